The Balaban J connectivity index is 1.69. The standard InChI is InChI=1S/C19H28O3/c1-18-7-5-11(20)9-15(18)16(21)10-12-13-3-4-17(22)19(13,2)8-6-14(12)18/h12-16,21H,3-10H2,1-2H3/t12-,13-,14?,15?,16?,18+,19-/m0/s1. The van der Waals surface area contributed by atoms with Crippen LogP contribution in [0, 0.1) is 34.5 Å². The van der Waals surface area contributed by atoms with E-state index in [0.717, 1.165) is 38.5 Å². The minimum atomic E-state index is -0.353. The van der Waals surface area contributed by atoms with Crippen LogP contribution in [0.4, 0.5) is 0 Å². The van der Waals surface area contributed by atoms with E-state index in [9.17, 15) is 14.7 Å². The van der Waals surface area contributed by atoms with Gasteiger partial charge in [0.15, 0.2) is 0 Å². The van der Waals surface area contributed by atoms with Crippen molar-refractivity contribution in [1.82, 2.24) is 0 Å². The molecule has 3 unspecified atom stereocenters. The van der Waals surface area contributed by atoms with Gasteiger partial charge in [-0.2, -0.15) is 0 Å². The number of carbonyl (C=O) groups is 2. The lowest BCUT2D eigenvalue weighted by Crippen LogP contribution is -2.57. The molecule has 0 amide bonds. The van der Waals surface area contributed by atoms with Crippen molar-refractivity contribution >= 4 is 11.6 Å². The number of hydrogen-bond donors (Lipinski definition) is 1. The number of aliphatic hydroxyl groups is 1. The van der Waals surface area contributed by atoms with Crippen LogP contribution in [0.5, 0.6) is 0 Å². The molecule has 4 saturated carbocycles. The Morgan fingerprint density at radius 2 is 1.77 bits per heavy atom. The molecule has 0 bridgehead atoms. The van der Waals surface area contributed by atoms with Crippen LogP contribution >= 0.6 is 0 Å². The van der Waals surface area contributed by atoms with Crippen LogP contribution in [0.2, 0.25) is 0 Å². The van der Waals surface area contributed by atoms with Gasteiger partial charge in [-0.1, -0.05) is 13.8 Å². The van der Waals surface area contributed by atoms with Gasteiger partial charge in [0, 0.05) is 24.7 Å². The number of ketones is 2. The molecule has 0 spiro atoms. The van der Waals surface area contributed by atoms with Gasteiger partial charge < -0.3 is 5.11 Å². The number of hydrogen-bond acceptors (Lipinski definition) is 3. The van der Waals surface area contributed by atoms with E-state index < -0.39 is 0 Å². The van der Waals surface area contributed by atoms with E-state index in [2.05, 4.69) is 13.8 Å². The summed E-state index contributed by atoms with van der Waals surface area (Å²) in [5.74, 6) is 2.47. The number of rotatable bonds is 0. The predicted octanol–water partition coefficient (Wildman–Crippen LogP) is 3.14. The maximum Gasteiger partial charge on any atom is 0.139 e. The molecule has 1 N–H and O–H groups in total. The molecule has 0 aliphatic heterocycles. The molecule has 0 aromatic rings. The van der Waals surface area contributed by atoms with Crippen LogP contribution in [-0.4, -0.2) is 22.8 Å². The predicted molar refractivity (Wildman–Crippen MR) is 83.1 cm³/mol. The molecule has 3 heteroatoms. The molecule has 4 fully saturated rings. The van der Waals surface area contributed by atoms with Gasteiger partial charge in [-0.15, -0.1) is 0 Å². The molecule has 4 rings (SSSR count). The summed E-state index contributed by atoms with van der Waals surface area (Å²) in [5, 5.41) is 10.8. The van der Waals surface area contributed by atoms with Crippen molar-refractivity contribution in [2.75, 3.05) is 0 Å². The first-order valence-corrected chi connectivity index (χ1v) is 9.09. The molecule has 4 aliphatic rings. The summed E-state index contributed by atoms with van der Waals surface area (Å²) in [6, 6.07) is 0. The first-order chi connectivity index (χ1) is 10.4. The SMILES string of the molecule is C[C@]12CCC(=O)CC1C(O)C[C@@H]1C2CC[C@]2(C)C(=O)CC[C@@H]12. The van der Waals surface area contributed by atoms with Gasteiger partial charge in [0.2, 0.25) is 0 Å². The molecule has 122 valence electrons. The zero-order chi connectivity index (χ0) is 15.7. The third-order valence-electron chi connectivity index (χ3n) is 8.21. The van der Waals surface area contributed by atoms with E-state index in [1.807, 2.05) is 0 Å². The summed E-state index contributed by atoms with van der Waals surface area (Å²) < 4.78 is 0. The van der Waals surface area contributed by atoms with Crippen molar-refractivity contribution < 1.29 is 14.7 Å². The zero-order valence-corrected chi connectivity index (χ0v) is 13.8. The molecular weight excluding hydrogens is 276 g/mol. The Labute approximate surface area is 132 Å². The summed E-state index contributed by atoms with van der Waals surface area (Å²) in [6.07, 6.45) is 6.53. The van der Waals surface area contributed by atoms with Gasteiger partial charge in [-0.25, -0.2) is 0 Å². The Bertz CT molecular complexity index is 527. The van der Waals surface area contributed by atoms with Gasteiger partial charge in [0.05, 0.1) is 6.10 Å². The second-order valence-corrected chi connectivity index (χ2v) is 8.95. The smallest absolute Gasteiger partial charge is 0.139 e. The zero-order valence-electron chi connectivity index (χ0n) is 13.8. The minimum absolute atomic E-state index is 0.100. The highest BCUT2D eigenvalue weighted by atomic mass is 16.3. The van der Waals surface area contributed by atoms with Gasteiger partial charge >= 0.3 is 0 Å². The lowest BCUT2D eigenvalue weighted by molar-refractivity contribution is -0.165. The molecule has 4 aliphatic carbocycles. The highest BCUT2D eigenvalue weighted by molar-refractivity contribution is 5.87. The second kappa shape index (κ2) is 4.66. The van der Waals surface area contributed by atoms with Gasteiger partial charge in [0.1, 0.15) is 11.6 Å². The van der Waals surface area contributed by atoms with Gasteiger partial charge in [-0.3, -0.25) is 9.59 Å². The van der Waals surface area contributed by atoms with E-state index in [4.69, 9.17) is 0 Å². The summed E-state index contributed by atoms with van der Waals surface area (Å²) in [5.41, 5.74) is -0.0300. The van der Waals surface area contributed by atoms with Crippen LogP contribution in [-0.2, 0) is 9.59 Å². The third kappa shape index (κ3) is 1.78. The maximum atomic E-state index is 12.4. The lowest BCUT2D eigenvalue weighted by atomic mass is 9.44. The van der Waals surface area contributed by atoms with Crippen LogP contribution < -0.4 is 0 Å². The van der Waals surface area contributed by atoms with E-state index in [0.29, 0.717) is 42.2 Å². The van der Waals surface area contributed by atoms with Crippen LogP contribution in [0.3, 0.4) is 0 Å². The quantitative estimate of drug-likeness (QED) is 0.748. The molecule has 22 heavy (non-hydrogen) atoms. The van der Waals surface area contributed by atoms with Gasteiger partial charge in [0.25, 0.3) is 0 Å². The van der Waals surface area contributed by atoms with Crippen molar-refractivity contribution in [3.05, 3.63) is 0 Å². The Kier molecular flexibility index (Phi) is 3.15. The van der Waals surface area contributed by atoms with Crippen molar-refractivity contribution in [1.29, 1.82) is 0 Å². The first-order valence-electron chi connectivity index (χ1n) is 9.09. The summed E-state index contributed by atoms with van der Waals surface area (Å²) in [7, 11) is 0. The monoisotopic (exact) mass is 304 g/mol. The fourth-order valence-corrected chi connectivity index (χ4v) is 6.86. The topological polar surface area (TPSA) is 54.4 Å². The van der Waals surface area contributed by atoms with Gasteiger partial charge in [-0.05, 0) is 61.2 Å². The molecule has 0 heterocycles. The second-order valence-electron chi connectivity index (χ2n) is 8.95. The van der Waals surface area contributed by atoms with E-state index in [1.165, 1.54) is 0 Å². The highest BCUT2D eigenvalue weighted by Gasteiger charge is 2.62. The summed E-state index contributed by atoms with van der Waals surface area (Å²) in [4.78, 5) is 24.3. The van der Waals surface area contributed by atoms with E-state index in [1.54, 1.807) is 0 Å². The molecule has 0 aromatic heterocycles. The number of Topliss-reactive ketones (excluding diaryl/α,β-unsaturated/α-hetero) is 2. The van der Waals surface area contributed by atoms with E-state index in [-0.39, 0.29) is 22.9 Å². The van der Waals surface area contributed by atoms with E-state index >= 15 is 0 Å². The number of aliphatic hydroxyl groups excluding tert-OH is 1. The number of fused-ring (bicyclic) bond motifs is 5. The van der Waals surface area contributed by atoms with Crippen LogP contribution in [0.15, 0.2) is 0 Å². The van der Waals surface area contributed by atoms with Crippen molar-refractivity contribution in [3.8, 4) is 0 Å². The largest absolute Gasteiger partial charge is 0.393 e. The summed E-state index contributed by atoms with van der Waals surface area (Å²) >= 11 is 0. The average molecular weight is 304 g/mol. The molecule has 0 radical (unpaired) electrons. The molecule has 0 aromatic carbocycles. The molecular formula is C19H28O3. The lowest BCUT2D eigenvalue weighted by Gasteiger charge is -2.60. The first kappa shape index (κ1) is 14.9. The fourth-order valence-electron chi connectivity index (χ4n) is 6.86. The molecule has 0 saturated heterocycles. The van der Waals surface area contributed by atoms with Crippen LogP contribution in [0.25, 0.3) is 0 Å². The van der Waals surface area contributed by atoms with Crippen molar-refractivity contribution in [2.24, 2.45) is 34.5 Å². The minimum Gasteiger partial charge on any atom is -0.393 e. The Morgan fingerprint density at radius 1 is 1.00 bits per heavy atom. The molecule has 3 nitrogen and oxygen atoms in total. The molecule has 7 atom stereocenters. The summed E-state index contributed by atoms with van der Waals surface area (Å²) in [6.45, 7) is 4.50. The van der Waals surface area contributed by atoms with Crippen LogP contribution in [0.1, 0.15) is 65.2 Å². The normalized spacial score (nSPS) is 54.6. The third-order valence-corrected chi connectivity index (χ3v) is 8.21. The van der Waals surface area contributed by atoms with Crippen molar-refractivity contribution in [3.63, 3.8) is 0 Å². The fraction of sp³-hybridized carbons (Fsp3) is 0.895. The average Bonchev–Trinajstić information content (AvgIpc) is 2.77. The highest BCUT2D eigenvalue weighted by Crippen LogP contribution is 2.65. The maximum absolute atomic E-state index is 12.4. The Hall–Kier alpha value is -0.700. The number of carbonyl (C=O) groups excluding carboxylic acids is 2. The Morgan fingerprint density at radius 3 is 2.55 bits per heavy atom. The van der Waals surface area contributed by atoms with Crippen molar-refractivity contribution in [2.45, 2.75) is 71.3 Å².